The van der Waals surface area contributed by atoms with Crippen molar-refractivity contribution in [2.24, 2.45) is 0 Å². The molecule has 6 heteroatoms. The average molecular weight is 306 g/mol. The quantitative estimate of drug-likeness (QED) is 0.697. The van der Waals surface area contributed by atoms with Crippen molar-refractivity contribution in [2.45, 2.75) is 0 Å². The molecule has 4 nitrogen and oxygen atoms in total. The van der Waals surface area contributed by atoms with Gasteiger partial charge in [-0.05, 0) is 36.4 Å². The first-order valence-corrected chi connectivity index (χ1v) is 6.50. The van der Waals surface area contributed by atoms with Crippen LogP contribution in [0.1, 0.15) is 0 Å². The van der Waals surface area contributed by atoms with Crippen molar-refractivity contribution in [3.05, 3.63) is 62.7 Å². The van der Waals surface area contributed by atoms with Crippen LogP contribution >= 0.6 is 23.8 Å². The van der Waals surface area contributed by atoms with E-state index in [1.54, 1.807) is 36.4 Å². The lowest BCUT2D eigenvalue weighted by atomic mass is 10.2. The van der Waals surface area contributed by atoms with Crippen molar-refractivity contribution in [3.63, 3.8) is 0 Å². The lowest BCUT2D eigenvalue weighted by molar-refractivity contribution is 0.472. The molecule has 1 aromatic heterocycles. The first-order chi connectivity index (χ1) is 9.58. The van der Waals surface area contributed by atoms with Crippen LogP contribution in [0.4, 0.5) is 0 Å². The predicted molar refractivity (Wildman–Crippen MR) is 79.3 cm³/mol. The molecule has 0 unspecified atom stereocenters. The molecular weight excluding hydrogens is 298 g/mol. The SMILES string of the molecule is O=c1oc2cccc(O)c2c(=S)n1-c1ccc(Cl)cc1. The van der Waals surface area contributed by atoms with E-state index in [0.29, 0.717) is 16.1 Å². The Bertz CT molecular complexity index is 912. The molecule has 0 aliphatic heterocycles. The summed E-state index contributed by atoms with van der Waals surface area (Å²) in [4.78, 5) is 12.1. The van der Waals surface area contributed by atoms with Gasteiger partial charge in [-0.2, -0.15) is 0 Å². The summed E-state index contributed by atoms with van der Waals surface area (Å²) >= 11 is 11.1. The number of aromatic nitrogens is 1. The van der Waals surface area contributed by atoms with E-state index in [1.807, 2.05) is 0 Å². The van der Waals surface area contributed by atoms with Gasteiger partial charge in [0.05, 0.1) is 11.1 Å². The van der Waals surface area contributed by atoms with Gasteiger partial charge < -0.3 is 9.52 Å². The van der Waals surface area contributed by atoms with Crippen LogP contribution in [0.2, 0.25) is 5.02 Å². The molecule has 3 aromatic rings. The van der Waals surface area contributed by atoms with E-state index in [9.17, 15) is 9.90 Å². The minimum atomic E-state index is -0.615. The van der Waals surface area contributed by atoms with E-state index >= 15 is 0 Å². The summed E-state index contributed by atoms with van der Waals surface area (Å²) in [5.41, 5.74) is 0.781. The third kappa shape index (κ3) is 2.01. The van der Waals surface area contributed by atoms with E-state index in [4.69, 9.17) is 28.2 Å². The number of hydrogen-bond acceptors (Lipinski definition) is 4. The summed E-state index contributed by atoms with van der Waals surface area (Å²) in [7, 11) is 0. The van der Waals surface area contributed by atoms with Gasteiger partial charge in [-0.1, -0.05) is 29.9 Å². The van der Waals surface area contributed by atoms with E-state index in [0.717, 1.165) is 0 Å². The van der Waals surface area contributed by atoms with Crippen LogP contribution in [0.15, 0.2) is 51.7 Å². The number of aromatic hydroxyl groups is 1. The first-order valence-electron chi connectivity index (χ1n) is 5.72. The summed E-state index contributed by atoms with van der Waals surface area (Å²) in [6, 6.07) is 11.3. The lowest BCUT2D eigenvalue weighted by Gasteiger charge is -2.07. The van der Waals surface area contributed by atoms with Gasteiger partial charge in [-0.25, -0.2) is 9.36 Å². The molecule has 0 bridgehead atoms. The smallest absolute Gasteiger partial charge is 0.425 e. The number of phenolic OH excluding ortho intramolecular Hbond substituents is 1. The van der Waals surface area contributed by atoms with Crippen LogP contribution in [-0.4, -0.2) is 9.67 Å². The average Bonchev–Trinajstić information content (AvgIpc) is 2.40. The first kappa shape index (κ1) is 12.9. The number of rotatable bonds is 1. The largest absolute Gasteiger partial charge is 0.507 e. The Hall–Kier alpha value is -2.11. The molecule has 2 aromatic carbocycles. The number of nitrogens with zero attached hydrogens (tertiary/aromatic N) is 1. The molecule has 0 radical (unpaired) electrons. The molecule has 0 aliphatic carbocycles. The summed E-state index contributed by atoms with van der Waals surface area (Å²) in [6.45, 7) is 0. The Morgan fingerprint density at radius 3 is 2.55 bits per heavy atom. The highest BCUT2D eigenvalue weighted by Gasteiger charge is 2.11. The van der Waals surface area contributed by atoms with Gasteiger partial charge in [-0.3, -0.25) is 0 Å². The maximum absolute atomic E-state index is 12.1. The second kappa shape index (κ2) is 4.77. The fraction of sp³-hybridized carbons (Fsp3) is 0. The third-order valence-corrected chi connectivity index (χ3v) is 3.52. The standard InChI is InChI=1S/C14H8ClNO3S/c15-8-4-6-9(7-5-8)16-13(20)12-10(17)2-1-3-11(12)19-14(16)18/h1-7,17H. The summed E-state index contributed by atoms with van der Waals surface area (Å²) in [5, 5.41) is 10.8. The number of halogens is 1. The molecule has 0 amide bonds. The topological polar surface area (TPSA) is 55.4 Å². The molecule has 0 saturated heterocycles. The highest BCUT2D eigenvalue weighted by molar-refractivity contribution is 7.71. The van der Waals surface area contributed by atoms with E-state index in [1.165, 1.54) is 10.6 Å². The Kier molecular flexibility index (Phi) is 3.08. The zero-order chi connectivity index (χ0) is 14.3. The van der Waals surface area contributed by atoms with Gasteiger partial charge in [0.1, 0.15) is 16.0 Å². The fourth-order valence-electron chi connectivity index (χ4n) is 1.97. The second-order valence-electron chi connectivity index (χ2n) is 4.14. The fourth-order valence-corrected chi connectivity index (χ4v) is 2.48. The molecule has 0 fully saturated rings. The molecule has 1 N–H and O–H groups in total. The van der Waals surface area contributed by atoms with Gasteiger partial charge in [0.25, 0.3) is 0 Å². The van der Waals surface area contributed by atoms with E-state index < -0.39 is 5.76 Å². The van der Waals surface area contributed by atoms with Crippen molar-refractivity contribution >= 4 is 34.8 Å². The van der Waals surface area contributed by atoms with Crippen LogP contribution < -0.4 is 5.76 Å². The molecule has 3 rings (SSSR count). The lowest BCUT2D eigenvalue weighted by Crippen LogP contribution is -2.17. The van der Waals surface area contributed by atoms with Crippen molar-refractivity contribution in [1.82, 2.24) is 4.57 Å². The summed E-state index contributed by atoms with van der Waals surface area (Å²) in [6.07, 6.45) is 0. The third-order valence-electron chi connectivity index (χ3n) is 2.89. The van der Waals surface area contributed by atoms with Gasteiger partial charge in [0.15, 0.2) is 0 Å². The minimum absolute atomic E-state index is 0.0287. The Balaban J connectivity index is 2.43. The molecule has 0 aliphatic rings. The van der Waals surface area contributed by atoms with Crippen LogP contribution in [0.3, 0.4) is 0 Å². The molecular formula is C14H8ClNO3S. The van der Waals surface area contributed by atoms with Gasteiger partial charge >= 0.3 is 5.76 Å². The van der Waals surface area contributed by atoms with Crippen molar-refractivity contribution in [1.29, 1.82) is 0 Å². The normalized spacial score (nSPS) is 10.8. The van der Waals surface area contributed by atoms with Crippen molar-refractivity contribution < 1.29 is 9.52 Å². The molecule has 100 valence electrons. The van der Waals surface area contributed by atoms with Crippen LogP contribution in [0.25, 0.3) is 16.7 Å². The molecule has 20 heavy (non-hydrogen) atoms. The highest BCUT2D eigenvalue weighted by Crippen LogP contribution is 2.25. The number of hydrogen-bond donors (Lipinski definition) is 1. The molecule has 0 atom stereocenters. The zero-order valence-electron chi connectivity index (χ0n) is 10.0. The van der Waals surface area contributed by atoms with Gasteiger partial charge in [0, 0.05) is 5.02 Å². The second-order valence-corrected chi connectivity index (χ2v) is 4.96. The molecule has 0 saturated carbocycles. The number of benzene rings is 2. The van der Waals surface area contributed by atoms with Crippen LogP contribution in [0.5, 0.6) is 5.75 Å². The minimum Gasteiger partial charge on any atom is -0.507 e. The Morgan fingerprint density at radius 2 is 1.85 bits per heavy atom. The van der Waals surface area contributed by atoms with Crippen LogP contribution in [0, 0.1) is 4.64 Å². The van der Waals surface area contributed by atoms with Gasteiger partial charge in [-0.15, -0.1) is 0 Å². The van der Waals surface area contributed by atoms with Crippen molar-refractivity contribution in [2.75, 3.05) is 0 Å². The van der Waals surface area contributed by atoms with Gasteiger partial charge in [0.2, 0.25) is 0 Å². The van der Waals surface area contributed by atoms with Crippen molar-refractivity contribution in [3.8, 4) is 11.4 Å². The van der Waals surface area contributed by atoms with Crippen LogP contribution in [-0.2, 0) is 0 Å². The maximum atomic E-state index is 12.1. The highest BCUT2D eigenvalue weighted by atomic mass is 35.5. The number of phenols is 1. The molecule has 0 spiro atoms. The van der Waals surface area contributed by atoms with E-state index in [2.05, 4.69) is 0 Å². The summed E-state index contributed by atoms with van der Waals surface area (Å²) < 4.78 is 6.59. The molecule has 1 heterocycles. The van der Waals surface area contributed by atoms with E-state index in [-0.39, 0.29) is 16.0 Å². The Labute approximate surface area is 123 Å². The maximum Gasteiger partial charge on any atom is 0.425 e. The predicted octanol–water partition coefficient (Wildman–Crippen LogP) is 3.67. The number of fused-ring (bicyclic) bond motifs is 1. The zero-order valence-corrected chi connectivity index (χ0v) is 11.6. The monoisotopic (exact) mass is 305 g/mol. The Morgan fingerprint density at radius 1 is 1.15 bits per heavy atom. The summed E-state index contributed by atoms with van der Waals surface area (Å²) in [5.74, 6) is -0.644.